The van der Waals surface area contributed by atoms with E-state index in [-0.39, 0.29) is 23.2 Å². The lowest BCUT2D eigenvalue weighted by atomic mass is 9.94. The molecule has 4 rings (SSSR count). The summed E-state index contributed by atoms with van der Waals surface area (Å²) in [5.74, 6) is -1.67. The number of hydrogen-bond donors (Lipinski definition) is 1. The number of fused-ring (bicyclic) bond motifs is 1. The van der Waals surface area contributed by atoms with Crippen LogP contribution < -0.4 is 9.47 Å². The second-order valence-electron chi connectivity index (χ2n) is 7.22. The number of rotatable bonds is 6. The number of amides is 1. The van der Waals surface area contributed by atoms with Gasteiger partial charge in [0.25, 0.3) is 11.7 Å². The summed E-state index contributed by atoms with van der Waals surface area (Å²) in [7, 11) is 1.53. The van der Waals surface area contributed by atoms with Crippen molar-refractivity contribution in [1.82, 2.24) is 4.90 Å². The van der Waals surface area contributed by atoms with Gasteiger partial charge in [0.2, 0.25) is 0 Å². The molecule has 8 heteroatoms. The molecule has 0 bridgehead atoms. The van der Waals surface area contributed by atoms with Crippen LogP contribution in [-0.2, 0) is 14.3 Å². The third-order valence-electron chi connectivity index (χ3n) is 5.30. The molecule has 1 atom stereocenters. The summed E-state index contributed by atoms with van der Waals surface area (Å²) < 4.78 is 30.8. The van der Waals surface area contributed by atoms with Crippen molar-refractivity contribution < 1.29 is 33.3 Å². The molecule has 0 aliphatic carbocycles. The summed E-state index contributed by atoms with van der Waals surface area (Å²) in [4.78, 5) is 27.0. The van der Waals surface area contributed by atoms with Gasteiger partial charge >= 0.3 is 0 Å². The second-order valence-corrected chi connectivity index (χ2v) is 7.22. The van der Waals surface area contributed by atoms with E-state index >= 15 is 0 Å². The number of Topliss-reactive ketones (excluding diaryl/α,β-unsaturated/α-hetero) is 1. The second kappa shape index (κ2) is 8.77. The number of aliphatic hydroxyl groups is 1. The standard InChI is InChI=1S/C23H22FNO6/c1-29-10-4-9-25-20(15-5-2-3-6-16(15)24)19(22(27)23(25)28)21(26)14-7-8-17-18(13-14)31-12-11-30-17/h2-3,5-8,13,20,26H,4,9-12H2,1H3/b21-19+. The Morgan fingerprint density at radius 3 is 2.65 bits per heavy atom. The van der Waals surface area contributed by atoms with Gasteiger partial charge in [0, 0.05) is 31.4 Å². The third-order valence-corrected chi connectivity index (χ3v) is 5.30. The summed E-state index contributed by atoms with van der Waals surface area (Å²) in [6, 6.07) is 9.60. The predicted octanol–water partition coefficient (Wildman–Crippen LogP) is 3.06. The van der Waals surface area contributed by atoms with Gasteiger partial charge in [-0.1, -0.05) is 18.2 Å². The number of ether oxygens (including phenoxy) is 3. The van der Waals surface area contributed by atoms with Crippen molar-refractivity contribution in [3.05, 3.63) is 65.0 Å². The lowest BCUT2D eigenvalue weighted by Crippen LogP contribution is -2.31. The molecule has 162 valence electrons. The maximum atomic E-state index is 14.7. The lowest BCUT2D eigenvalue weighted by Gasteiger charge is -2.25. The SMILES string of the molecule is COCCCN1C(=O)C(=O)/C(=C(/O)c2ccc3c(c2)OCCO3)C1c1ccccc1F. The Labute approximate surface area is 178 Å². The van der Waals surface area contributed by atoms with Crippen LogP contribution in [0.4, 0.5) is 4.39 Å². The van der Waals surface area contributed by atoms with Gasteiger partial charge in [-0.25, -0.2) is 4.39 Å². The molecule has 0 radical (unpaired) electrons. The van der Waals surface area contributed by atoms with Crippen molar-refractivity contribution in [1.29, 1.82) is 0 Å². The topological polar surface area (TPSA) is 85.3 Å². The van der Waals surface area contributed by atoms with Gasteiger partial charge in [0.1, 0.15) is 24.8 Å². The van der Waals surface area contributed by atoms with Gasteiger partial charge in [0.05, 0.1) is 11.6 Å². The van der Waals surface area contributed by atoms with Gasteiger partial charge in [-0.2, -0.15) is 0 Å². The molecule has 2 aromatic rings. The van der Waals surface area contributed by atoms with Crippen LogP contribution >= 0.6 is 0 Å². The maximum Gasteiger partial charge on any atom is 0.295 e. The monoisotopic (exact) mass is 427 g/mol. The van der Waals surface area contributed by atoms with E-state index in [9.17, 15) is 19.1 Å². The summed E-state index contributed by atoms with van der Waals surface area (Å²) >= 11 is 0. The van der Waals surface area contributed by atoms with Gasteiger partial charge < -0.3 is 24.2 Å². The zero-order chi connectivity index (χ0) is 22.0. The summed E-state index contributed by atoms with van der Waals surface area (Å²) in [6.45, 7) is 1.32. The van der Waals surface area contributed by atoms with Crippen LogP contribution in [0.5, 0.6) is 11.5 Å². The lowest BCUT2D eigenvalue weighted by molar-refractivity contribution is -0.140. The number of carbonyl (C=O) groups excluding carboxylic acids is 2. The van der Waals surface area contributed by atoms with Crippen molar-refractivity contribution in [2.75, 3.05) is 33.5 Å². The largest absolute Gasteiger partial charge is 0.507 e. The number of carbonyl (C=O) groups is 2. The van der Waals surface area contributed by atoms with Gasteiger partial charge in [-0.3, -0.25) is 9.59 Å². The first-order valence-electron chi connectivity index (χ1n) is 9.94. The molecule has 0 spiro atoms. The fourth-order valence-electron chi connectivity index (χ4n) is 3.86. The molecule has 2 aliphatic rings. The van der Waals surface area contributed by atoms with E-state index in [0.29, 0.717) is 37.7 Å². The maximum absolute atomic E-state index is 14.7. The van der Waals surface area contributed by atoms with E-state index in [0.717, 1.165) is 0 Å². The molecule has 2 heterocycles. The molecular formula is C23H22FNO6. The Bertz CT molecular complexity index is 1050. The molecule has 2 aromatic carbocycles. The molecule has 1 saturated heterocycles. The van der Waals surface area contributed by atoms with Crippen molar-refractivity contribution in [2.45, 2.75) is 12.5 Å². The first-order valence-corrected chi connectivity index (χ1v) is 9.94. The van der Waals surface area contributed by atoms with Gasteiger partial charge in [0.15, 0.2) is 11.5 Å². The molecule has 2 aliphatic heterocycles. The summed E-state index contributed by atoms with van der Waals surface area (Å²) in [5.41, 5.74) is 0.253. The van der Waals surface area contributed by atoms with Crippen molar-refractivity contribution in [3.8, 4) is 11.5 Å². The first kappa shape index (κ1) is 20.9. The van der Waals surface area contributed by atoms with Gasteiger partial charge in [-0.05, 0) is 30.7 Å². The molecule has 1 N–H and O–H groups in total. The number of halogens is 1. The molecule has 31 heavy (non-hydrogen) atoms. The van der Waals surface area contributed by atoms with E-state index in [2.05, 4.69) is 0 Å². The molecule has 7 nitrogen and oxygen atoms in total. The van der Waals surface area contributed by atoms with E-state index in [1.807, 2.05) is 0 Å². The molecule has 0 aromatic heterocycles. The number of benzene rings is 2. The molecule has 0 saturated carbocycles. The fraction of sp³-hybridized carbons (Fsp3) is 0.304. The van der Waals surface area contributed by atoms with Crippen molar-refractivity contribution in [3.63, 3.8) is 0 Å². The third kappa shape index (κ3) is 3.86. The number of hydrogen-bond acceptors (Lipinski definition) is 6. The normalized spacial score (nSPS) is 19.7. The Kier molecular flexibility index (Phi) is 5.90. The van der Waals surface area contributed by atoms with Crippen LogP contribution in [0.1, 0.15) is 23.6 Å². The summed E-state index contributed by atoms with van der Waals surface area (Å²) in [5, 5.41) is 11.1. The fourth-order valence-corrected chi connectivity index (χ4v) is 3.86. The highest BCUT2D eigenvalue weighted by molar-refractivity contribution is 6.46. The van der Waals surface area contributed by atoms with E-state index < -0.39 is 29.3 Å². The van der Waals surface area contributed by atoms with E-state index in [1.165, 1.54) is 30.2 Å². The number of ketones is 1. The minimum absolute atomic E-state index is 0.137. The van der Waals surface area contributed by atoms with Crippen molar-refractivity contribution in [2.24, 2.45) is 0 Å². The zero-order valence-electron chi connectivity index (χ0n) is 17.0. The minimum Gasteiger partial charge on any atom is -0.507 e. The van der Waals surface area contributed by atoms with Crippen LogP contribution in [0.15, 0.2) is 48.0 Å². The average Bonchev–Trinajstić information content (AvgIpc) is 3.03. The minimum atomic E-state index is -1.05. The van der Waals surface area contributed by atoms with Crippen LogP contribution in [0.25, 0.3) is 5.76 Å². The molecular weight excluding hydrogens is 405 g/mol. The first-order chi connectivity index (χ1) is 15.0. The number of methoxy groups -OCH3 is 1. The number of nitrogens with zero attached hydrogens (tertiary/aromatic N) is 1. The quantitative estimate of drug-likeness (QED) is 0.330. The average molecular weight is 427 g/mol. The molecule has 1 fully saturated rings. The molecule has 1 unspecified atom stereocenters. The van der Waals surface area contributed by atoms with Crippen LogP contribution in [0.3, 0.4) is 0 Å². The summed E-state index contributed by atoms with van der Waals surface area (Å²) in [6.07, 6.45) is 0.457. The van der Waals surface area contributed by atoms with Gasteiger partial charge in [-0.15, -0.1) is 0 Å². The Balaban J connectivity index is 1.82. The van der Waals surface area contributed by atoms with Crippen molar-refractivity contribution >= 4 is 17.4 Å². The zero-order valence-corrected chi connectivity index (χ0v) is 17.0. The Hall–Kier alpha value is -3.39. The Morgan fingerprint density at radius 2 is 1.90 bits per heavy atom. The van der Waals surface area contributed by atoms with Crippen LogP contribution in [0.2, 0.25) is 0 Å². The smallest absolute Gasteiger partial charge is 0.295 e. The Morgan fingerprint density at radius 1 is 1.16 bits per heavy atom. The van der Waals surface area contributed by atoms with Crippen LogP contribution in [0, 0.1) is 5.82 Å². The van der Waals surface area contributed by atoms with E-state index in [1.54, 1.807) is 24.3 Å². The number of likely N-dealkylation sites (tertiary alicyclic amines) is 1. The number of aliphatic hydroxyl groups excluding tert-OH is 1. The predicted molar refractivity (Wildman–Crippen MR) is 109 cm³/mol. The van der Waals surface area contributed by atoms with Crippen LogP contribution in [-0.4, -0.2) is 55.2 Å². The highest BCUT2D eigenvalue weighted by Crippen LogP contribution is 2.41. The molecule has 1 amide bonds. The highest BCUT2D eigenvalue weighted by atomic mass is 19.1. The highest BCUT2D eigenvalue weighted by Gasteiger charge is 2.46. The van der Waals surface area contributed by atoms with E-state index in [4.69, 9.17) is 14.2 Å².